The van der Waals surface area contributed by atoms with Crippen LogP contribution in [0.2, 0.25) is 0 Å². The molecular formula is C35H34N2O9S. The molecule has 2 atom stereocenters. The van der Waals surface area contributed by atoms with Gasteiger partial charge < -0.3 is 23.7 Å². The number of anilines is 2. The lowest BCUT2D eigenvalue weighted by molar-refractivity contribution is -0.164. The second-order valence-electron chi connectivity index (χ2n) is 9.95. The number of esters is 2. The van der Waals surface area contributed by atoms with E-state index in [1.54, 1.807) is 36.4 Å². The van der Waals surface area contributed by atoms with Gasteiger partial charge in [-0.15, -0.1) is 11.8 Å². The number of carbonyl (C=O) groups excluding carboxylic acids is 4. The van der Waals surface area contributed by atoms with E-state index in [4.69, 9.17) is 23.7 Å². The first-order chi connectivity index (χ1) is 22.7. The highest BCUT2D eigenvalue weighted by molar-refractivity contribution is 7.99. The molecule has 4 aromatic carbocycles. The Morgan fingerprint density at radius 1 is 0.723 bits per heavy atom. The second-order valence-corrected chi connectivity index (χ2v) is 11.1. The van der Waals surface area contributed by atoms with E-state index in [0.29, 0.717) is 21.9 Å². The van der Waals surface area contributed by atoms with Gasteiger partial charge in [0, 0.05) is 17.5 Å². The van der Waals surface area contributed by atoms with E-state index < -0.39 is 35.5 Å². The van der Waals surface area contributed by atoms with Crippen LogP contribution < -0.4 is 15.4 Å². The highest BCUT2D eigenvalue weighted by Crippen LogP contribution is 2.44. The van der Waals surface area contributed by atoms with E-state index in [1.807, 2.05) is 60.7 Å². The van der Waals surface area contributed by atoms with Crippen molar-refractivity contribution in [2.75, 3.05) is 24.9 Å². The zero-order valence-electron chi connectivity index (χ0n) is 26.0. The first kappa shape index (κ1) is 34.4. The van der Waals surface area contributed by atoms with Crippen molar-refractivity contribution >= 4 is 47.3 Å². The number of rotatable bonds is 13. The first-order valence-electron chi connectivity index (χ1n) is 14.4. The fourth-order valence-corrected chi connectivity index (χ4v) is 5.56. The number of amides is 2. The zero-order chi connectivity index (χ0) is 33.6. The number of ether oxygens (including phenoxy) is 5. The third kappa shape index (κ3) is 10.5. The number of hydrogen-bond donors (Lipinski definition) is 2. The summed E-state index contributed by atoms with van der Waals surface area (Å²) in [5, 5.41) is 4.57. The zero-order valence-corrected chi connectivity index (χ0v) is 26.8. The summed E-state index contributed by atoms with van der Waals surface area (Å²) in [5.74, 6) is -0.877. The Hall–Kier alpha value is -5.49. The van der Waals surface area contributed by atoms with Crippen molar-refractivity contribution in [2.45, 2.75) is 36.4 Å². The van der Waals surface area contributed by atoms with Gasteiger partial charge in [0.2, 0.25) is 6.10 Å². The van der Waals surface area contributed by atoms with Crippen LogP contribution in [0.4, 0.5) is 21.0 Å². The molecule has 0 aliphatic rings. The summed E-state index contributed by atoms with van der Waals surface area (Å²) in [4.78, 5) is 51.0. The van der Waals surface area contributed by atoms with Crippen LogP contribution in [0.25, 0.3) is 0 Å². The third-order valence-electron chi connectivity index (χ3n) is 6.59. The van der Waals surface area contributed by atoms with Crippen molar-refractivity contribution in [3.05, 3.63) is 120 Å². The lowest BCUT2D eigenvalue weighted by atomic mass is 10.1. The number of methoxy groups -OCH3 is 2. The number of thioether (sulfide) groups is 1. The van der Waals surface area contributed by atoms with Crippen molar-refractivity contribution in [2.24, 2.45) is 0 Å². The number of nitrogens with one attached hydrogen (secondary N) is 2. The maximum atomic E-state index is 13.0. The van der Waals surface area contributed by atoms with Gasteiger partial charge in [0.15, 0.2) is 0 Å². The molecule has 0 unspecified atom stereocenters. The van der Waals surface area contributed by atoms with Gasteiger partial charge >= 0.3 is 24.1 Å². The van der Waals surface area contributed by atoms with E-state index in [9.17, 15) is 19.2 Å². The minimum Gasteiger partial charge on any atom is -0.497 e. The Morgan fingerprint density at radius 2 is 1.30 bits per heavy atom. The van der Waals surface area contributed by atoms with E-state index in [2.05, 4.69) is 10.6 Å². The van der Waals surface area contributed by atoms with Gasteiger partial charge in [0.25, 0.3) is 0 Å². The van der Waals surface area contributed by atoms with Crippen molar-refractivity contribution in [1.29, 1.82) is 0 Å². The maximum absolute atomic E-state index is 13.0. The Kier molecular flexibility index (Phi) is 12.6. The SMILES string of the molecule is COC(=O)[C@@H](OC(C)=O)[C@H](Sc1ccc(NC(=O)OCc2ccccc2)cc1NC(=O)OCc1ccccc1)c1ccc(OC)cc1. The summed E-state index contributed by atoms with van der Waals surface area (Å²) in [5.41, 5.74) is 2.78. The van der Waals surface area contributed by atoms with Crippen LogP contribution in [0.15, 0.2) is 108 Å². The van der Waals surface area contributed by atoms with Crippen molar-refractivity contribution in [3.63, 3.8) is 0 Å². The van der Waals surface area contributed by atoms with E-state index in [0.717, 1.165) is 22.9 Å². The van der Waals surface area contributed by atoms with Crippen molar-refractivity contribution in [3.8, 4) is 5.75 Å². The summed E-state index contributed by atoms with van der Waals surface area (Å²) in [6.07, 6.45) is -2.81. The number of benzene rings is 4. The molecule has 4 rings (SSSR count). The molecule has 0 saturated heterocycles. The van der Waals surface area contributed by atoms with Crippen molar-refractivity contribution < 1.29 is 42.9 Å². The molecule has 11 nitrogen and oxygen atoms in total. The largest absolute Gasteiger partial charge is 0.497 e. The van der Waals surface area contributed by atoms with Crippen LogP contribution in [0.1, 0.15) is 28.9 Å². The summed E-state index contributed by atoms with van der Waals surface area (Å²) < 4.78 is 26.5. The average Bonchev–Trinajstić information content (AvgIpc) is 3.09. The van der Waals surface area contributed by atoms with E-state index in [1.165, 1.54) is 27.2 Å². The van der Waals surface area contributed by atoms with Gasteiger partial charge in [0.1, 0.15) is 19.0 Å². The van der Waals surface area contributed by atoms with Gasteiger partial charge in [-0.2, -0.15) is 0 Å². The molecule has 244 valence electrons. The molecule has 0 aromatic heterocycles. The fourth-order valence-electron chi connectivity index (χ4n) is 4.32. The van der Waals surface area contributed by atoms with Gasteiger partial charge in [-0.1, -0.05) is 72.8 Å². The molecule has 47 heavy (non-hydrogen) atoms. The highest BCUT2D eigenvalue weighted by atomic mass is 32.2. The van der Waals surface area contributed by atoms with Crippen LogP contribution >= 0.6 is 11.8 Å². The molecule has 2 amide bonds. The lowest BCUT2D eigenvalue weighted by Gasteiger charge is -2.26. The molecule has 0 radical (unpaired) electrons. The summed E-state index contributed by atoms with van der Waals surface area (Å²) in [6.45, 7) is 1.27. The summed E-state index contributed by atoms with van der Waals surface area (Å²) in [6, 6.07) is 30.0. The Bertz CT molecular complexity index is 1650. The van der Waals surface area contributed by atoms with Gasteiger partial charge in [-0.3, -0.25) is 15.4 Å². The standard InChI is InChI=1S/C35H34N2O9S/c1-23(38)46-31(33(39)43-3)32(26-14-17-28(42-2)18-15-26)47-30-19-16-27(36-34(40)44-21-24-10-6-4-7-11-24)20-29(30)37-35(41)45-22-25-12-8-5-9-13-25/h4-20,31-32H,21-22H2,1-3H3,(H,36,40)(H,37,41)/t31-,32+/m0/s1. The van der Waals surface area contributed by atoms with Crippen LogP contribution in [0.3, 0.4) is 0 Å². The molecule has 0 bridgehead atoms. The summed E-state index contributed by atoms with van der Waals surface area (Å²) >= 11 is 1.13. The Balaban J connectivity index is 1.64. The first-order valence-corrected chi connectivity index (χ1v) is 15.3. The Labute approximate surface area is 276 Å². The monoisotopic (exact) mass is 658 g/mol. The predicted octanol–water partition coefficient (Wildman–Crippen LogP) is 7.13. The molecular weight excluding hydrogens is 624 g/mol. The van der Waals surface area contributed by atoms with Crippen LogP contribution in [0, 0.1) is 0 Å². The number of hydrogen-bond acceptors (Lipinski definition) is 10. The highest BCUT2D eigenvalue weighted by Gasteiger charge is 2.35. The maximum Gasteiger partial charge on any atom is 0.411 e. The lowest BCUT2D eigenvalue weighted by Crippen LogP contribution is -2.32. The topological polar surface area (TPSA) is 138 Å². The smallest absolute Gasteiger partial charge is 0.411 e. The molecule has 0 heterocycles. The quantitative estimate of drug-likeness (QED) is 0.0867. The predicted molar refractivity (Wildman–Crippen MR) is 176 cm³/mol. The summed E-state index contributed by atoms with van der Waals surface area (Å²) in [7, 11) is 2.72. The van der Waals surface area contributed by atoms with Crippen LogP contribution in [0.5, 0.6) is 5.75 Å². The van der Waals surface area contributed by atoms with E-state index in [-0.39, 0.29) is 18.9 Å². The Morgan fingerprint density at radius 3 is 1.83 bits per heavy atom. The molecule has 12 heteroatoms. The molecule has 0 aliphatic heterocycles. The average molecular weight is 659 g/mol. The second kappa shape index (κ2) is 17.3. The van der Waals surface area contributed by atoms with Crippen molar-refractivity contribution in [1.82, 2.24) is 0 Å². The fraction of sp³-hybridized carbons (Fsp3) is 0.200. The minimum atomic E-state index is -1.35. The van der Waals surface area contributed by atoms with Gasteiger partial charge in [-0.25, -0.2) is 14.4 Å². The molecule has 2 N–H and O–H groups in total. The van der Waals surface area contributed by atoms with Gasteiger partial charge in [-0.05, 0) is 47.0 Å². The molecule has 4 aromatic rings. The molecule has 0 fully saturated rings. The molecule has 0 spiro atoms. The third-order valence-corrected chi connectivity index (χ3v) is 7.97. The molecule has 0 saturated carbocycles. The van der Waals surface area contributed by atoms with E-state index >= 15 is 0 Å². The number of carbonyl (C=O) groups is 4. The normalized spacial score (nSPS) is 11.7. The van der Waals surface area contributed by atoms with Gasteiger partial charge in [0.05, 0.1) is 25.2 Å². The molecule has 0 aliphatic carbocycles. The van der Waals surface area contributed by atoms with Crippen LogP contribution in [-0.4, -0.2) is 44.4 Å². The minimum absolute atomic E-state index is 0.0181. The van der Waals surface area contributed by atoms with Crippen LogP contribution in [-0.2, 0) is 41.8 Å².